The predicted octanol–water partition coefficient (Wildman–Crippen LogP) is 8.88. The van der Waals surface area contributed by atoms with Crippen molar-refractivity contribution in [1.82, 2.24) is 14.8 Å². The lowest BCUT2D eigenvalue weighted by atomic mass is 10.0. The second-order valence-corrected chi connectivity index (χ2v) is 9.91. The van der Waals surface area contributed by atoms with E-state index in [1.807, 2.05) is 4.57 Å². The molecule has 0 saturated carbocycles. The Balaban J connectivity index is 1.58. The van der Waals surface area contributed by atoms with Gasteiger partial charge in [0, 0.05) is 11.4 Å². The Hall–Kier alpha value is -2.62. The number of nitrogens with zero attached hydrogens (tertiary/aromatic N) is 4. The normalized spacial score (nSPS) is 11.1. The van der Waals surface area contributed by atoms with E-state index in [4.69, 9.17) is 0 Å². The monoisotopic (exact) mass is 474 g/mol. The summed E-state index contributed by atoms with van der Waals surface area (Å²) in [6, 6.07) is 18.3. The van der Waals surface area contributed by atoms with Gasteiger partial charge in [-0.1, -0.05) is 102 Å². The van der Waals surface area contributed by atoms with Crippen LogP contribution < -0.4 is 4.90 Å². The van der Waals surface area contributed by atoms with Crippen molar-refractivity contribution in [3.05, 3.63) is 72.3 Å². The molecule has 0 amide bonds. The summed E-state index contributed by atoms with van der Waals surface area (Å²) in [5.74, 6) is 0. The van der Waals surface area contributed by atoms with Crippen molar-refractivity contribution in [3.8, 4) is 0 Å². The first kappa shape index (κ1) is 27.0. The topological polar surface area (TPSA) is 34.0 Å². The number of anilines is 2. The molecule has 0 aliphatic carbocycles. The van der Waals surface area contributed by atoms with Crippen LogP contribution in [0.25, 0.3) is 0 Å². The second kappa shape index (κ2) is 16.1. The first-order chi connectivity index (χ1) is 17.3. The largest absolute Gasteiger partial charge is 0.323 e. The second-order valence-electron chi connectivity index (χ2n) is 9.91. The molecule has 3 rings (SSSR count). The number of unbranched alkanes of at least 4 members (excludes halogenated alkanes) is 10. The zero-order valence-corrected chi connectivity index (χ0v) is 22.2. The highest BCUT2D eigenvalue weighted by Gasteiger charge is 2.11. The van der Waals surface area contributed by atoms with Gasteiger partial charge in [0.05, 0.1) is 0 Å². The van der Waals surface area contributed by atoms with Gasteiger partial charge < -0.3 is 9.47 Å². The fourth-order valence-corrected chi connectivity index (χ4v) is 4.67. The van der Waals surface area contributed by atoms with Gasteiger partial charge in [-0.3, -0.25) is 0 Å². The van der Waals surface area contributed by atoms with Gasteiger partial charge in [-0.2, -0.15) is 0 Å². The molecule has 2 aromatic carbocycles. The summed E-state index contributed by atoms with van der Waals surface area (Å²) in [6.45, 7) is 5.25. The smallest absolute Gasteiger partial charge is 0.120 e. The molecule has 0 saturated heterocycles. The third kappa shape index (κ3) is 9.87. The molecule has 0 N–H and O–H groups in total. The number of aryl methyl sites for hydroxylation is 2. The number of hydrogen-bond donors (Lipinski definition) is 0. The van der Waals surface area contributed by atoms with Gasteiger partial charge in [-0.25, -0.2) is 0 Å². The fraction of sp³-hybridized carbons (Fsp3) is 0.548. The van der Waals surface area contributed by atoms with E-state index in [1.54, 1.807) is 12.7 Å². The highest BCUT2D eigenvalue weighted by Crippen LogP contribution is 2.27. The van der Waals surface area contributed by atoms with Gasteiger partial charge in [0.25, 0.3) is 0 Å². The Morgan fingerprint density at radius 2 is 0.943 bits per heavy atom. The van der Waals surface area contributed by atoms with Crippen LogP contribution in [-0.2, 0) is 19.5 Å². The third-order valence-corrected chi connectivity index (χ3v) is 6.91. The Kier molecular flexibility index (Phi) is 12.4. The maximum atomic E-state index is 4.00. The first-order valence-corrected chi connectivity index (χ1v) is 14.1. The van der Waals surface area contributed by atoms with Crippen LogP contribution >= 0.6 is 0 Å². The van der Waals surface area contributed by atoms with E-state index < -0.39 is 0 Å². The van der Waals surface area contributed by atoms with Crippen LogP contribution in [0.3, 0.4) is 0 Å². The summed E-state index contributed by atoms with van der Waals surface area (Å²) in [6.07, 6.45) is 22.0. The standard InChI is InChI=1S/C31H46N4/c1-3-5-7-9-11-13-15-28-17-21-30(22-18-28)35(27-34-25-32-33-26-34)31-23-19-29(20-24-31)16-14-12-10-8-6-4-2/h17-26H,3-16,27H2,1-2H3. The molecule has 0 aliphatic rings. The SMILES string of the molecule is CCCCCCCCc1ccc(N(Cn2cnnc2)c2ccc(CCCCCCCC)cc2)cc1. The van der Waals surface area contributed by atoms with Crippen molar-refractivity contribution >= 4 is 11.4 Å². The van der Waals surface area contributed by atoms with Gasteiger partial charge in [-0.15, -0.1) is 10.2 Å². The average molecular weight is 475 g/mol. The minimum atomic E-state index is 0.695. The Labute approximate surface area is 213 Å². The van der Waals surface area contributed by atoms with Crippen molar-refractivity contribution in [1.29, 1.82) is 0 Å². The molecule has 1 aromatic heterocycles. The molecule has 0 aliphatic heterocycles. The Morgan fingerprint density at radius 3 is 1.37 bits per heavy atom. The zero-order valence-electron chi connectivity index (χ0n) is 22.2. The summed E-state index contributed by atoms with van der Waals surface area (Å²) in [7, 11) is 0. The summed E-state index contributed by atoms with van der Waals surface area (Å²) in [5, 5.41) is 8.00. The van der Waals surface area contributed by atoms with Crippen molar-refractivity contribution in [3.63, 3.8) is 0 Å². The van der Waals surface area contributed by atoms with Crippen LogP contribution in [-0.4, -0.2) is 14.8 Å². The number of benzene rings is 2. The van der Waals surface area contributed by atoms with Gasteiger partial charge >= 0.3 is 0 Å². The van der Waals surface area contributed by atoms with Gasteiger partial charge in [0.2, 0.25) is 0 Å². The van der Waals surface area contributed by atoms with E-state index >= 15 is 0 Å². The molecule has 0 fully saturated rings. The van der Waals surface area contributed by atoms with E-state index in [9.17, 15) is 0 Å². The molecule has 0 radical (unpaired) electrons. The van der Waals surface area contributed by atoms with Crippen molar-refractivity contribution < 1.29 is 0 Å². The van der Waals surface area contributed by atoms with Crippen molar-refractivity contribution in [2.24, 2.45) is 0 Å². The van der Waals surface area contributed by atoms with Crippen LogP contribution in [0.2, 0.25) is 0 Å². The summed E-state index contributed by atoms with van der Waals surface area (Å²) in [5.41, 5.74) is 5.27. The number of aromatic nitrogens is 3. The number of rotatable bonds is 18. The number of hydrogen-bond acceptors (Lipinski definition) is 3. The highest BCUT2D eigenvalue weighted by atomic mass is 15.3. The minimum Gasteiger partial charge on any atom is -0.323 e. The lowest BCUT2D eigenvalue weighted by Gasteiger charge is -2.25. The van der Waals surface area contributed by atoms with Crippen molar-refractivity contribution in [2.45, 2.75) is 110 Å². The lowest BCUT2D eigenvalue weighted by molar-refractivity contribution is 0.607. The van der Waals surface area contributed by atoms with Crippen LogP contribution in [0.15, 0.2) is 61.2 Å². The summed E-state index contributed by atoms with van der Waals surface area (Å²) < 4.78 is 2.02. The van der Waals surface area contributed by atoms with E-state index in [2.05, 4.69) is 77.5 Å². The molecule has 1 heterocycles. The predicted molar refractivity (Wildman–Crippen MR) is 149 cm³/mol. The molecule has 3 aromatic rings. The first-order valence-electron chi connectivity index (χ1n) is 14.1. The van der Waals surface area contributed by atoms with E-state index in [0.29, 0.717) is 6.67 Å². The Bertz CT molecular complexity index is 841. The molecule has 190 valence electrons. The minimum absolute atomic E-state index is 0.695. The zero-order chi connectivity index (χ0) is 24.6. The lowest BCUT2D eigenvalue weighted by Crippen LogP contribution is -2.20. The van der Waals surface area contributed by atoms with Gasteiger partial charge in [0.1, 0.15) is 19.3 Å². The molecular formula is C31H46N4. The van der Waals surface area contributed by atoms with E-state index in [-0.39, 0.29) is 0 Å². The fourth-order valence-electron chi connectivity index (χ4n) is 4.67. The van der Waals surface area contributed by atoms with E-state index in [1.165, 1.54) is 112 Å². The van der Waals surface area contributed by atoms with Crippen LogP contribution in [0.4, 0.5) is 11.4 Å². The summed E-state index contributed by atoms with van der Waals surface area (Å²) in [4.78, 5) is 2.34. The third-order valence-electron chi connectivity index (χ3n) is 6.91. The summed E-state index contributed by atoms with van der Waals surface area (Å²) >= 11 is 0. The molecule has 4 nitrogen and oxygen atoms in total. The molecular weight excluding hydrogens is 428 g/mol. The highest BCUT2D eigenvalue weighted by molar-refractivity contribution is 5.63. The molecule has 0 bridgehead atoms. The molecule has 0 unspecified atom stereocenters. The van der Waals surface area contributed by atoms with Crippen molar-refractivity contribution in [2.75, 3.05) is 4.90 Å². The quantitative estimate of drug-likeness (QED) is 0.173. The molecule has 4 heteroatoms. The van der Waals surface area contributed by atoms with Crippen LogP contribution in [0.5, 0.6) is 0 Å². The maximum Gasteiger partial charge on any atom is 0.120 e. The molecule has 35 heavy (non-hydrogen) atoms. The van der Waals surface area contributed by atoms with Gasteiger partial charge in [-0.05, 0) is 61.1 Å². The maximum absolute atomic E-state index is 4.00. The van der Waals surface area contributed by atoms with E-state index in [0.717, 1.165) is 0 Å². The molecule has 0 atom stereocenters. The molecule has 0 spiro atoms. The Morgan fingerprint density at radius 1 is 0.543 bits per heavy atom. The van der Waals surface area contributed by atoms with Crippen LogP contribution in [0, 0.1) is 0 Å². The van der Waals surface area contributed by atoms with Gasteiger partial charge in [0.15, 0.2) is 0 Å². The average Bonchev–Trinajstić information content (AvgIpc) is 3.41. The van der Waals surface area contributed by atoms with Crippen LogP contribution in [0.1, 0.15) is 102 Å².